The van der Waals surface area contributed by atoms with Gasteiger partial charge in [-0.3, -0.25) is 0 Å². The van der Waals surface area contributed by atoms with Gasteiger partial charge in [-0.25, -0.2) is 18.7 Å². The summed E-state index contributed by atoms with van der Waals surface area (Å²) in [6.07, 6.45) is 6.07. The third-order valence-electron chi connectivity index (χ3n) is 4.58. The Morgan fingerprint density at radius 2 is 2.11 bits per heavy atom. The highest BCUT2D eigenvalue weighted by atomic mass is 32.2. The van der Waals surface area contributed by atoms with Gasteiger partial charge in [-0.05, 0) is 37.1 Å². The molecule has 0 bridgehead atoms. The van der Waals surface area contributed by atoms with Crippen molar-refractivity contribution in [2.45, 2.75) is 30.5 Å². The van der Waals surface area contributed by atoms with E-state index in [9.17, 15) is 8.78 Å². The Morgan fingerprint density at radius 3 is 2.89 bits per heavy atom. The smallest absolute Gasteiger partial charge is 0.228 e. The van der Waals surface area contributed by atoms with E-state index in [2.05, 4.69) is 30.4 Å². The third-order valence-corrected chi connectivity index (χ3v) is 5.13. The number of nitrogens with zero attached hydrogens (tertiary/aromatic N) is 5. The van der Waals surface area contributed by atoms with Crippen LogP contribution in [0.15, 0.2) is 23.5 Å². The number of fused-ring (bicyclic) bond motifs is 2. The quantitative estimate of drug-likeness (QED) is 0.510. The van der Waals surface area contributed by atoms with Crippen LogP contribution in [-0.2, 0) is 6.54 Å². The lowest BCUT2D eigenvalue weighted by molar-refractivity contribution is 0.515. The van der Waals surface area contributed by atoms with Crippen molar-refractivity contribution < 1.29 is 8.78 Å². The first-order valence-electron chi connectivity index (χ1n) is 8.50. The number of hydrogen-bond donors (Lipinski definition) is 2. The fourth-order valence-electron chi connectivity index (χ4n) is 3.08. The van der Waals surface area contributed by atoms with E-state index in [1.807, 2.05) is 12.5 Å². The number of halogens is 2. The number of anilines is 1. The molecule has 5 rings (SSSR count). The highest BCUT2D eigenvalue weighted by Crippen LogP contribution is 2.41. The molecule has 2 N–H and O–H groups in total. The second-order valence-corrected chi connectivity index (χ2v) is 7.21. The Kier molecular flexibility index (Phi) is 3.74. The molecule has 27 heavy (non-hydrogen) atoms. The number of hydrogen-bond acceptors (Lipinski definition) is 6. The topological polar surface area (TPSA) is 83.8 Å². The SMILES string of the molecule is CSc1nc(NCc2nc3c(F)c(F)ccc3[nH]2)n2ncc(C3CC3)c2n1. The van der Waals surface area contributed by atoms with Crippen LogP contribution in [0.1, 0.15) is 30.1 Å². The van der Waals surface area contributed by atoms with Crippen molar-refractivity contribution in [2.24, 2.45) is 0 Å². The number of rotatable bonds is 5. The van der Waals surface area contributed by atoms with E-state index in [0.717, 1.165) is 30.1 Å². The van der Waals surface area contributed by atoms with Crippen LogP contribution in [0.3, 0.4) is 0 Å². The van der Waals surface area contributed by atoms with Crippen molar-refractivity contribution in [1.29, 1.82) is 0 Å². The zero-order valence-corrected chi connectivity index (χ0v) is 15.1. The van der Waals surface area contributed by atoms with Crippen molar-refractivity contribution in [2.75, 3.05) is 11.6 Å². The van der Waals surface area contributed by atoms with Crippen LogP contribution in [-0.4, -0.2) is 35.8 Å². The predicted octanol–water partition coefficient (Wildman–Crippen LogP) is 3.49. The molecule has 1 aliphatic rings. The average molecular weight is 387 g/mol. The minimum atomic E-state index is -0.953. The number of nitrogens with one attached hydrogen (secondary N) is 2. The van der Waals surface area contributed by atoms with Gasteiger partial charge in [-0.2, -0.15) is 14.6 Å². The van der Waals surface area contributed by atoms with E-state index in [-0.39, 0.29) is 12.1 Å². The van der Waals surface area contributed by atoms with Crippen molar-refractivity contribution in [3.63, 3.8) is 0 Å². The summed E-state index contributed by atoms with van der Waals surface area (Å²) in [5.74, 6) is -0.344. The van der Waals surface area contributed by atoms with Gasteiger partial charge in [0.15, 0.2) is 22.4 Å². The Bertz CT molecular complexity index is 1170. The summed E-state index contributed by atoms with van der Waals surface area (Å²) in [6.45, 7) is 0.258. The fraction of sp³-hybridized carbons (Fsp3) is 0.294. The van der Waals surface area contributed by atoms with Crippen LogP contribution >= 0.6 is 11.8 Å². The van der Waals surface area contributed by atoms with Gasteiger partial charge in [0, 0.05) is 5.56 Å². The van der Waals surface area contributed by atoms with Crippen molar-refractivity contribution in [3.05, 3.63) is 41.4 Å². The zero-order chi connectivity index (χ0) is 18.5. The molecule has 138 valence electrons. The van der Waals surface area contributed by atoms with Gasteiger partial charge >= 0.3 is 0 Å². The lowest BCUT2D eigenvalue weighted by atomic mass is 10.2. The lowest BCUT2D eigenvalue weighted by Gasteiger charge is -2.07. The Morgan fingerprint density at radius 1 is 1.26 bits per heavy atom. The van der Waals surface area contributed by atoms with Gasteiger partial charge in [0.25, 0.3) is 0 Å². The summed E-state index contributed by atoms with van der Waals surface area (Å²) >= 11 is 1.45. The molecule has 0 radical (unpaired) electrons. The van der Waals surface area contributed by atoms with E-state index in [1.54, 1.807) is 4.52 Å². The minimum absolute atomic E-state index is 0.0143. The molecule has 3 aromatic heterocycles. The second kappa shape index (κ2) is 6.15. The number of imidazole rings is 1. The molecule has 4 aromatic rings. The summed E-state index contributed by atoms with van der Waals surface area (Å²) < 4.78 is 28.9. The van der Waals surface area contributed by atoms with Crippen LogP contribution < -0.4 is 5.32 Å². The average Bonchev–Trinajstić information content (AvgIpc) is 3.29. The van der Waals surface area contributed by atoms with Crippen LogP contribution in [0, 0.1) is 11.6 Å². The van der Waals surface area contributed by atoms with E-state index >= 15 is 0 Å². The summed E-state index contributed by atoms with van der Waals surface area (Å²) in [7, 11) is 0. The normalized spacial score (nSPS) is 14.3. The molecule has 0 atom stereocenters. The predicted molar refractivity (Wildman–Crippen MR) is 97.9 cm³/mol. The minimum Gasteiger partial charge on any atom is -0.347 e. The molecular weight excluding hydrogens is 372 g/mol. The van der Waals surface area contributed by atoms with Crippen LogP contribution in [0.2, 0.25) is 0 Å². The molecule has 3 heterocycles. The Labute approximate surface area is 156 Å². The van der Waals surface area contributed by atoms with Crippen LogP contribution in [0.4, 0.5) is 14.7 Å². The first kappa shape index (κ1) is 16.4. The largest absolute Gasteiger partial charge is 0.347 e. The van der Waals surface area contributed by atoms with Crippen LogP contribution in [0.25, 0.3) is 16.7 Å². The summed E-state index contributed by atoms with van der Waals surface area (Å²) in [4.78, 5) is 16.2. The first-order valence-corrected chi connectivity index (χ1v) is 9.72. The fourth-order valence-corrected chi connectivity index (χ4v) is 3.43. The third kappa shape index (κ3) is 2.80. The number of benzene rings is 1. The molecule has 1 saturated carbocycles. The van der Waals surface area contributed by atoms with Crippen molar-refractivity contribution >= 4 is 34.4 Å². The molecule has 7 nitrogen and oxygen atoms in total. The van der Waals surface area contributed by atoms with Gasteiger partial charge in [0.1, 0.15) is 11.3 Å². The van der Waals surface area contributed by atoms with Crippen molar-refractivity contribution in [3.8, 4) is 0 Å². The summed E-state index contributed by atoms with van der Waals surface area (Å²) in [5.41, 5.74) is 2.37. The molecule has 0 spiro atoms. The van der Waals surface area contributed by atoms with Gasteiger partial charge in [-0.15, -0.1) is 0 Å². The van der Waals surface area contributed by atoms with Crippen molar-refractivity contribution in [1.82, 2.24) is 29.5 Å². The van der Waals surface area contributed by atoms with Crippen LogP contribution in [0.5, 0.6) is 0 Å². The number of thioether (sulfide) groups is 1. The maximum Gasteiger partial charge on any atom is 0.228 e. The molecule has 0 unspecified atom stereocenters. The van der Waals surface area contributed by atoms with Gasteiger partial charge < -0.3 is 10.3 Å². The summed E-state index contributed by atoms with van der Waals surface area (Å²) in [5, 5.41) is 8.23. The number of aromatic amines is 1. The van der Waals surface area contributed by atoms with E-state index < -0.39 is 11.6 Å². The summed E-state index contributed by atoms with van der Waals surface area (Å²) in [6, 6.07) is 2.54. The maximum absolute atomic E-state index is 13.9. The lowest BCUT2D eigenvalue weighted by Crippen LogP contribution is -2.10. The monoisotopic (exact) mass is 387 g/mol. The molecule has 1 aromatic carbocycles. The Balaban J connectivity index is 1.48. The second-order valence-electron chi connectivity index (χ2n) is 6.44. The highest BCUT2D eigenvalue weighted by molar-refractivity contribution is 7.98. The molecule has 1 aliphatic carbocycles. The zero-order valence-electron chi connectivity index (χ0n) is 14.3. The maximum atomic E-state index is 13.9. The molecule has 0 saturated heterocycles. The molecule has 0 aliphatic heterocycles. The van der Waals surface area contributed by atoms with E-state index in [1.165, 1.54) is 17.8 Å². The number of H-pyrrole nitrogens is 1. The van der Waals surface area contributed by atoms with Gasteiger partial charge in [0.2, 0.25) is 5.95 Å². The molecule has 10 heteroatoms. The molecule has 0 amide bonds. The highest BCUT2D eigenvalue weighted by Gasteiger charge is 2.28. The van der Waals surface area contributed by atoms with Gasteiger partial charge in [-0.1, -0.05) is 11.8 Å². The standard InChI is InChI=1S/C17H15F2N7S/c1-27-17-24-15-9(8-2-3-8)6-21-26(15)16(25-17)20-7-12-22-11-5-4-10(18)13(19)14(11)23-12/h4-6,8H,2-3,7H2,1H3,(H,22,23)(H,20,24,25). The molecule has 1 fully saturated rings. The first-order chi connectivity index (χ1) is 13.1. The van der Waals surface area contributed by atoms with Gasteiger partial charge in [0.05, 0.1) is 18.3 Å². The molecular formula is C17H15F2N7S. The Hall–Kier alpha value is -2.75. The van der Waals surface area contributed by atoms with E-state index in [0.29, 0.717) is 28.4 Å². The van der Waals surface area contributed by atoms with E-state index in [4.69, 9.17) is 0 Å². The number of aromatic nitrogens is 6.